The first-order chi connectivity index (χ1) is 16.6. The van der Waals surface area contributed by atoms with E-state index in [1.165, 1.54) is 5.56 Å². The highest BCUT2D eigenvalue weighted by Crippen LogP contribution is 2.51. The van der Waals surface area contributed by atoms with Gasteiger partial charge in [-0.05, 0) is 42.5 Å². The molecule has 1 spiro atoms. The molecule has 0 radical (unpaired) electrons. The van der Waals surface area contributed by atoms with Crippen molar-refractivity contribution in [2.75, 3.05) is 32.1 Å². The van der Waals surface area contributed by atoms with Crippen LogP contribution in [-0.4, -0.2) is 65.8 Å². The zero-order valence-electron chi connectivity index (χ0n) is 19.0. The summed E-state index contributed by atoms with van der Waals surface area (Å²) in [5.74, 6) is -2.89. The van der Waals surface area contributed by atoms with Crippen molar-refractivity contribution >= 4 is 23.5 Å². The number of aromatic nitrogens is 1. The number of carboxylic acid groups (broad SMARTS) is 1. The van der Waals surface area contributed by atoms with Crippen LogP contribution in [0.25, 0.3) is 0 Å². The van der Waals surface area contributed by atoms with E-state index in [1.54, 1.807) is 19.5 Å². The number of carbonyl (C=O) groups is 3. The van der Waals surface area contributed by atoms with Crippen molar-refractivity contribution in [1.82, 2.24) is 9.88 Å². The summed E-state index contributed by atoms with van der Waals surface area (Å²) in [6.45, 7) is 1.53. The summed E-state index contributed by atoms with van der Waals surface area (Å²) in [5, 5.41) is 10.1. The molecule has 1 fully saturated rings. The van der Waals surface area contributed by atoms with Crippen LogP contribution in [0.5, 0.6) is 0 Å². The van der Waals surface area contributed by atoms with Gasteiger partial charge in [-0.3, -0.25) is 14.6 Å². The predicted octanol–water partition coefficient (Wildman–Crippen LogP) is 3.35. The molecule has 188 valence electrons. The highest BCUT2D eigenvalue weighted by molar-refractivity contribution is 5.96. The topological polar surface area (TPSA) is 109 Å². The fraction of sp³-hybridized carbons (Fsp3) is 0.417. The van der Waals surface area contributed by atoms with Crippen molar-refractivity contribution in [3.8, 4) is 0 Å². The molecule has 2 aliphatic rings. The summed E-state index contributed by atoms with van der Waals surface area (Å²) in [6, 6.07) is 11.9. The maximum absolute atomic E-state index is 13.0. The highest BCUT2D eigenvalue weighted by atomic mass is 19.4. The van der Waals surface area contributed by atoms with Crippen LogP contribution >= 0.6 is 0 Å². The molecule has 0 bridgehead atoms. The van der Waals surface area contributed by atoms with Crippen LogP contribution in [0.1, 0.15) is 36.3 Å². The molecule has 35 heavy (non-hydrogen) atoms. The van der Waals surface area contributed by atoms with Gasteiger partial charge in [0.15, 0.2) is 0 Å². The Labute approximate surface area is 200 Å². The summed E-state index contributed by atoms with van der Waals surface area (Å²) in [7, 11) is 1.54. The lowest BCUT2D eigenvalue weighted by Gasteiger charge is -2.40. The Morgan fingerprint density at radius 2 is 1.83 bits per heavy atom. The molecular weight excluding hydrogens is 467 g/mol. The molecule has 2 heterocycles. The minimum absolute atomic E-state index is 0.00946. The molecule has 2 aromatic rings. The number of hydrogen-bond donors (Lipinski definition) is 2. The SMILES string of the molecule is COCC(=O)N1CCC2(CC1)CC(C(=O)Nc1cccnc1)c1ccccc12.O=C(O)C(F)(F)F. The standard InChI is InChI=1S/C22H25N3O3.C2HF3O2/c1-28-15-20(26)25-11-8-22(9-12-25)13-18(17-6-2-3-7-19(17)22)21(27)24-16-5-4-10-23-14-16;3-2(4,5)1(6)7/h2-7,10,14,18H,8-9,11-13,15H2,1H3,(H,24,27);(H,6,7). The number of fused-ring (bicyclic) bond motifs is 2. The Balaban J connectivity index is 0.000000429. The van der Waals surface area contributed by atoms with Crippen LogP contribution in [0.3, 0.4) is 0 Å². The fourth-order valence-corrected chi connectivity index (χ4v) is 4.67. The maximum Gasteiger partial charge on any atom is 0.490 e. The lowest BCUT2D eigenvalue weighted by Crippen LogP contribution is -2.45. The monoisotopic (exact) mass is 493 g/mol. The summed E-state index contributed by atoms with van der Waals surface area (Å²) in [5.41, 5.74) is 3.05. The highest BCUT2D eigenvalue weighted by Gasteiger charge is 2.47. The van der Waals surface area contributed by atoms with Gasteiger partial charge in [0.25, 0.3) is 0 Å². The second-order valence-electron chi connectivity index (χ2n) is 8.47. The number of aliphatic carboxylic acids is 1. The number of nitrogens with zero attached hydrogens (tertiary/aromatic N) is 2. The minimum Gasteiger partial charge on any atom is -0.475 e. The van der Waals surface area contributed by atoms with E-state index in [-0.39, 0.29) is 29.8 Å². The Kier molecular flexibility index (Phi) is 8.11. The molecule has 1 saturated heterocycles. The van der Waals surface area contributed by atoms with Crippen molar-refractivity contribution in [1.29, 1.82) is 0 Å². The number of amides is 2. The van der Waals surface area contributed by atoms with Gasteiger partial charge in [0.2, 0.25) is 11.8 Å². The van der Waals surface area contributed by atoms with E-state index in [2.05, 4.69) is 22.4 Å². The van der Waals surface area contributed by atoms with E-state index in [4.69, 9.17) is 14.6 Å². The first-order valence-corrected chi connectivity index (χ1v) is 10.9. The van der Waals surface area contributed by atoms with E-state index >= 15 is 0 Å². The Hall–Kier alpha value is -3.47. The molecule has 1 aliphatic carbocycles. The number of carbonyl (C=O) groups excluding carboxylic acids is 2. The van der Waals surface area contributed by atoms with Crippen molar-refractivity contribution in [3.05, 3.63) is 59.9 Å². The van der Waals surface area contributed by atoms with Crippen molar-refractivity contribution in [2.45, 2.75) is 36.8 Å². The number of nitrogens with one attached hydrogen (secondary N) is 1. The Morgan fingerprint density at radius 3 is 2.40 bits per heavy atom. The first-order valence-electron chi connectivity index (χ1n) is 10.9. The fourth-order valence-electron chi connectivity index (χ4n) is 4.67. The van der Waals surface area contributed by atoms with E-state index in [9.17, 15) is 22.8 Å². The van der Waals surface area contributed by atoms with Gasteiger partial charge in [-0.15, -0.1) is 0 Å². The summed E-state index contributed by atoms with van der Waals surface area (Å²) < 4.78 is 36.7. The van der Waals surface area contributed by atoms with Crippen LogP contribution in [0.15, 0.2) is 48.8 Å². The molecule has 11 heteroatoms. The van der Waals surface area contributed by atoms with Crippen LogP contribution in [-0.2, 0) is 24.5 Å². The van der Waals surface area contributed by atoms with E-state index < -0.39 is 12.1 Å². The van der Waals surface area contributed by atoms with Gasteiger partial charge in [0, 0.05) is 31.8 Å². The Bertz CT molecular complexity index is 1050. The number of alkyl halides is 3. The van der Waals surface area contributed by atoms with Gasteiger partial charge in [0.05, 0.1) is 17.8 Å². The molecule has 0 saturated carbocycles. The molecule has 1 aliphatic heterocycles. The maximum atomic E-state index is 13.0. The quantitative estimate of drug-likeness (QED) is 0.676. The average molecular weight is 493 g/mol. The van der Waals surface area contributed by atoms with Crippen LogP contribution in [0, 0.1) is 0 Å². The number of hydrogen-bond acceptors (Lipinski definition) is 5. The van der Waals surface area contributed by atoms with E-state index in [1.807, 2.05) is 29.2 Å². The minimum atomic E-state index is -5.08. The number of anilines is 1. The lowest BCUT2D eigenvalue weighted by atomic mass is 9.73. The number of pyridine rings is 1. The molecule has 4 rings (SSSR count). The number of carboxylic acids is 1. The van der Waals surface area contributed by atoms with E-state index in [0.29, 0.717) is 18.8 Å². The number of ether oxygens (including phenoxy) is 1. The van der Waals surface area contributed by atoms with Crippen molar-refractivity contribution in [2.24, 2.45) is 0 Å². The number of piperidine rings is 1. The zero-order valence-corrected chi connectivity index (χ0v) is 19.0. The summed E-state index contributed by atoms with van der Waals surface area (Å²) in [4.78, 5) is 40.0. The first kappa shape index (κ1) is 26.1. The molecule has 1 unspecified atom stereocenters. The number of likely N-dealkylation sites (tertiary alicyclic amines) is 1. The average Bonchev–Trinajstić information content (AvgIpc) is 3.14. The largest absolute Gasteiger partial charge is 0.490 e. The lowest BCUT2D eigenvalue weighted by molar-refractivity contribution is -0.192. The zero-order chi connectivity index (χ0) is 25.6. The third-order valence-electron chi connectivity index (χ3n) is 6.33. The molecule has 1 atom stereocenters. The third kappa shape index (κ3) is 6.16. The van der Waals surface area contributed by atoms with Crippen molar-refractivity contribution < 1.29 is 37.4 Å². The van der Waals surface area contributed by atoms with Gasteiger partial charge >= 0.3 is 12.1 Å². The normalized spacial score (nSPS) is 18.3. The van der Waals surface area contributed by atoms with Gasteiger partial charge in [-0.1, -0.05) is 24.3 Å². The molecule has 1 aromatic heterocycles. The van der Waals surface area contributed by atoms with Gasteiger partial charge in [0.1, 0.15) is 6.61 Å². The molecule has 1 aromatic carbocycles. The van der Waals surface area contributed by atoms with Crippen LogP contribution in [0.4, 0.5) is 18.9 Å². The smallest absolute Gasteiger partial charge is 0.475 e. The second kappa shape index (κ2) is 10.9. The summed E-state index contributed by atoms with van der Waals surface area (Å²) >= 11 is 0. The Morgan fingerprint density at radius 1 is 1.17 bits per heavy atom. The van der Waals surface area contributed by atoms with Gasteiger partial charge in [-0.25, -0.2) is 4.79 Å². The second-order valence-corrected chi connectivity index (χ2v) is 8.47. The van der Waals surface area contributed by atoms with Gasteiger partial charge < -0.3 is 20.1 Å². The number of halogens is 3. The van der Waals surface area contributed by atoms with E-state index in [0.717, 1.165) is 24.8 Å². The van der Waals surface area contributed by atoms with Crippen molar-refractivity contribution in [3.63, 3.8) is 0 Å². The number of rotatable bonds is 4. The molecule has 8 nitrogen and oxygen atoms in total. The molecular formula is C24H26F3N3O5. The van der Waals surface area contributed by atoms with Crippen LogP contribution < -0.4 is 5.32 Å². The van der Waals surface area contributed by atoms with Gasteiger partial charge in [-0.2, -0.15) is 13.2 Å². The molecule has 2 amide bonds. The number of methoxy groups -OCH3 is 1. The summed E-state index contributed by atoms with van der Waals surface area (Å²) in [6.07, 6.45) is 0.791. The van der Waals surface area contributed by atoms with Crippen LogP contribution in [0.2, 0.25) is 0 Å². The molecule has 2 N–H and O–H groups in total. The number of benzene rings is 1. The predicted molar refractivity (Wildman–Crippen MR) is 120 cm³/mol. The third-order valence-corrected chi connectivity index (χ3v) is 6.33.